The SMILES string of the molecule is CCC(N)CCN(CC(F)(F)F)CC(F)(F)F. The van der Waals surface area contributed by atoms with Crippen molar-refractivity contribution in [2.75, 3.05) is 19.6 Å². The fourth-order valence-corrected chi connectivity index (χ4v) is 1.27. The van der Waals surface area contributed by atoms with Gasteiger partial charge in [-0.1, -0.05) is 6.92 Å². The lowest BCUT2D eigenvalue weighted by Gasteiger charge is -2.25. The number of halogens is 6. The van der Waals surface area contributed by atoms with Gasteiger partial charge in [-0.25, -0.2) is 0 Å². The molecule has 0 spiro atoms. The number of hydrogen-bond donors (Lipinski definition) is 1. The monoisotopic (exact) mass is 266 g/mol. The second-order valence-electron chi connectivity index (χ2n) is 3.90. The second-order valence-corrected chi connectivity index (χ2v) is 3.90. The van der Waals surface area contributed by atoms with Gasteiger partial charge >= 0.3 is 12.4 Å². The van der Waals surface area contributed by atoms with Crippen molar-refractivity contribution in [1.82, 2.24) is 4.90 Å². The maximum absolute atomic E-state index is 12.0. The molecule has 0 bridgehead atoms. The quantitative estimate of drug-likeness (QED) is 0.749. The van der Waals surface area contributed by atoms with E-state index in [1.165, 1.54) is 0 Å². The highest BCUT2D eigenvalue weighted by molar-refractivity contribution is 4.70. The maximum Gasteiger partial charge on any atom is 0.401 e. The van der Waals surface area contributed by atoms with Crippen LogP contribution in [0.5, 0.6) is 0 Å². The fraction of sp³-hybridized carbons (Fsp3) is 1.00. The average molecular weight is 266 g/mol. The van der Waals surface area contributed by atoms with E-state index in [0.717, 1.165) is 0 Å². The summed E-state index contributed by atoms with van der Waals surface area (Å²) >= 11 is 0. The number of nitrogens with zero attached hydrogens (tertiary/aromatic N) is 1. The van der Waals surface area contributed by atoms with Crippen LogP contribution in [0.3, 0.4) is 0 Å². The van der Waals surface area contributed by atoms with Crippen molar-refractivity contribution >= 4 is 0 Å². The van der Waals surface area contributed by atoms with Crippen LogP contribution in [0.15, 0.2) is 0 Å². The first-order valence-electron chi connectivity index (χ1n) is 5.15. The molecular weight excluding hydrogens is 250 g/mol. The fourth-order valence-electron chi connectivity index (χ4n) is 1.27. The van der Waals surface area contributed by atoms with Crippen LogP contribution in [0.4, 0.5) is 26.3 Å². The van der Waals surface area contributed by atoms with Crippen molar-refractivity contribution in [2.24, 2.45) is 5.73 Å². The van der Waals surface area contributed by atoms with Crippen molar-refractivity contribution in [3.63, 3.8) is 0 Å². The highest BCUT2D eigenvalue weighted by Crippen LogP contribution is 2.22. The van der Waals surface area contributed by atoms with Gasteiger partial charge in [-0.15, -0.1) is 0 Å². The molecule has 0 aromatic carbocycles. The minimum atomic E-state index is -4.64. The van der Waals surface area contributed by atoms with Crippen LogP contribution in [-0.4, -0.2) is 42.9 Å². The van der Waals surface area contributed by atoms with Gasteiger partial charge < -0.3 is 5.73 Å². The zero-order chi connectivity index (χ0) is 13.7. The summed E-state index contributed by atoms with van der Waals surface area (Å²) in [7, 11) is 0. The van der Waals surface area contributed by atoms with Crippen LogP contribution in [0, 0.1) is 0 Å². The predicted octanol–water partition coefficient (Wildman–Crippen LogP) is 2.54. The molecule has 0 aliphatic rings. The standard InChI is InChI=1S/C9H16F6N2/c1-2-7(16)3-4-17(5-8(10,11)12)6-9(13,14)15/h7H,2-6,16H2,1H3. The molecule has 2 nitrogen and oxygen atoms in total. The lowest BCUT2D eigenvalue weighted by atomic mass is 10.1. The van der Waals surface area contributed by atoms with Crippen molar-refractivity contribution in [1.29, 1.82) is 0 Å². The second kappa shape index (κ2) is 6.44. The van der Waals surface area contributed by atoms with Gasteiger partial charge in [0.05, 0.1) is 13.1 Å². The Morgan fingerprint density at radius 1 is 1.00 bits per heavy atom. The van der Waals surface area contributed by atoms with Crippen molar-refractivity contribution in [3.05, 3.63) is 0 Å². The van der Waals surface area contributed by atoms with E-state index in [0.29, 0.717) is 11.3 Å². The minimum Gasteiger partial charge on any atom is -0.328 e. The summed E-state index contributed by atoms with van der Waals surface area (Å²) < 4.78 is 72.3. The van der Waals surface area contributed by atoms with Gasteiger partial charge in [-0.05, 0) is 12.8 Å². The Balaban J connectivity index is 4.31. The summed E-state index contributed by atoms with van der Waals surface area (Å²) in [5.74, 6) is 0. The number of nitrogens with two attached hydrogens (primary N) is 1. The summed E-state index contributed by atoms with van der Waals surface area (Å²) in [6, 6.07) is -0.376. The highest BCUT2D eigenvalue weighted by Gasteiger charge is 2.37. The average Bonchev–Trinajstić information content (AvgIpc) is 2.08. The molecular formula is C9H16F6N2. The third-order valence-corrected chi connectivity index (χ3v) is 2.15. The molecule has 0 amide bonds. The third kappa shape index (κ3) is 10.4. The van der Waals surface area contributed by atoms with Gasteiger partial charge in [0.15, 0.2) is 0 Å². The van der Waals surface area contributed by atoms with E-state index in [9.17, 15) is 26.3 Å². The molecule has 0 rings (SSSR count). The maximum atomic E-state index is 12.0. The smallest absolute Gasteiger partial charge is 0.328 e. The van der Waals surface area contributed by atoms with Crippen molar-refractivity contribution < 1.29 is 26.3 Å². The van der Waals surface area contributed by atoms with E-state index in [4.69, 9.17) is 5.73 Å². The summed E-state index contributed by atoms with van der Waals surface area (Å²) in [6.45, 7) is -1.72. The third-order valence-electron chi connectivity index (χ3n) is 2.15. The molecule has 17 heavy (non-hydrogen) atoms. The molecule has 0 heterocycles. The largest absolute Gasteiger partial charge is 0.401 e. The van der Waals surface area contributed by atoms with Crippen LogP contribution >= 0.6 is 0 Å². The molecule has 8 heteroatoms. The normalized spacial score (nSPS) is 15.4. The van der Waals surface area contributed by atoms with Gasteiger partial charge in [0.2, 0.25) is 0 Å². The summed E-state index contributed by atoms with van der Waals surface area (Å²) in [4.78, 5) is 0.329. The Morgan fingerprint density at radius 2 is 1.41 bits per heavy atom. The lowest BCUT2D eigenvalue weighted by Crippen LogP contribution is -2.42. The minimum absolute atomic E-state index is 0.114. The summed E-state index contributed by atoms with van der Waals surface area (Å²) in [6.07, 6.45) is -8.64. The van der Waals surface area contributed by atoms with Crippen LogP contribution < -0.4 is 5.73 Å². The van der Waals surface area contributed by atoms with Gasteiger partial charge in [-0.2, -0.15) is 26.3 Å². The number of rotatable bonds is 6. The molecule has 0 aromatic rings. The Labute approximate surface area is 95.8 Å². The van der Waals surface area contributed by atoms with Gasteiger partial charge in [0, 0.05) is 12.6 Å². The van der Waals surface area contributed by atoms with E-state index in [1.807, 2.05) is 0 Å². The van der Waals surface area contributed by atoms with E-state index in [-0.39, 0.29) is 19.0 Å². The molecule has 0 saturated heterocycles. The Bertz CT molecular complexity index is 197. The molecule has 1 unspecified atom stereocenters. The van der Waals surface area contributed by atoms with E-state index >= 15 is 0 Å². The molecule has 1 atom stereocenters. The van der Waals surface area contributed by atoms with Crippen LogP contribution in [0.1, 0.15) is 19.8 Å². The van der Waals surface area contributed by atoms with Gasteiger partial charge in [0.1, 0.15) is 0 Å². The summed E-state index contributed by atoms with van der Waals surface area (Å²) in [5.41, 5.74) is 5.46. The topological polar surface area (TPSA) is 29.3 Å². The molecule has 0 aliphatic heterocycles. The first-order valence-corrected chi connectivity index (χ1v) is 5.15. The van der Waals surface area contributed by atoms with Crippen molar-refractivity contribution in [3.8, 4) is 0 Å². The van der Waals surface area contributed by atoms with Crippen LogP contribution in [-0.2, 0) is 0 Å². The molecule has 104 valence electrons. The molecule has 0 radical (unpaired) electrons. The Hall–Kier alpha value is -0.500. The molecule has 2 N–H and O–H groups in total. The Morgan fingerprint density at radius 3 is 1.71 bits per heavy atom. The lowest BCUT2D eigenvalue weighted by molar-refractivity contribution is -0.180. The zero-order valence-corrected chi connectivity index (χ0v) is 9.41. The molecule has 0 fully saturated rings. The van der Waals surface area contributed by atoms with Crippen molar-refractivity contribution in [2.45, 2.75) is 38.2 Å². The summed E-state index contributed by atoms with van der Waals surface area (Å²) in [5, 5.41) is 0. The first kappa shape index (κ1) is 16.5. The predicted molar refractivity (Wildman–Crippen MR) is 51.4 cm³/mol. The van der Waals surface area contributed by atoms with Crippen LogP contribution in [0.25, 0.3) is 0 Å². The van der Waals surface area contributed by atoms with Crippen LogP contribution in [0.2, 0.25) is 0 Å². The molecule has 0 aliphatic carbocycles. The molecule has 0 saturated carbocycles. The first-order chi connectivity index (χ1) is 7.53. The number of hydrogen-bond acceptors (Lipinski definition) is 2. The van der Waals surface area contributed by atoms with E-state index < -0.39 is 25.4 Å². The van der Waals surface area contributed by atoms with E-state index in [2.05, 4.69) is 0 Å². The van der Waals surface area contributed by atoms with E-state index in [1.54, 1.807) is 6.92 Å². The zero-order valence-electron chi connectivity index (χ0n) is 9.41. The van der Waals surface area contributed by atoms with Gasteiger partial charge in [-0.3, -0.25) is 4.90 Å². The Kier molecular flexibility index (Phi) is 6.25. The number of alkyl halides is 6. The highest BCUT2D eigenvalue weighted by atomic mass is 19.4. The molecule has 0 aromatic heterocycles. The van der Waals surface area contributed by atoms with Gasteiger partial charge in [0.25, 0.3) is 0 Å².